The maximum atomic E-state index is 12.5. The Balaban J connectivity index is 0.000000295. The summed E-state index contributed by atoms with van der Waals surface area (Å²) in [5.41, 5.74) is 7.02. The van der Waals surface area contributed by atoms with Gasteiger partial charge < -0.3 is 43.9 Å². The summed E-state index contributed by atoms with van der Waals surface area (Å²) in [6.45, 7) is 17.4. The summed E-state index contributed by atoms with van der Waals surface area (Å²) in [6, 6.07) is 9.35. The average Bonchev–Trinajstić information content (AvgIpc) is 3.69. The van der Waals surface area contributed by atoms with Crippen LogP contribution in [0.2, 0.25) is 0 Å². The van der Waals surface area contributed by atoms with Gasteiger partial charge in [0.2, 0.25) is 0 Å². The van der Waals surface area contributed by atoms with Crippen molar-refractivity contribution in [3.63, 3.8) is 0 Å². The number of hydrogen-bond donors (Lipinski definition) is 2. The predicted molar refractivity (Wildman–Crippen MR) is 196 cm³/mol. The Morgan fingerprint density at radius 3 is 1.45 bits per heavy atom. The molecule has 4 heterocycles. The lowest BCUT2D eigenvalue weighted by Gasteiger charge is -2.22. The van der Waals surface area contributed by atoms with Crippen LogP contribution in [0.3, 0.4) is 0 Å². The predicted octanol–water partition coefficient (Wildman–Crippen LogP) is 5.38. The molecule has 0 unspecified atom stereocenters. The molecule has 16 heteroatoms. The van der Waals surface area contributed by atoms with Crippen LogP contribution in [-0.4, -0.2) is 94.2 Å². The quantitative estimate of drug-likeness (QED) is 0.131. The second-order valence-corrected chi connectivity index (χ2v) is 12.7. The molecule has 0 aliphatic heterocycles. The summed E-state index contributed by atoms with van der Waals surface area (Å²) < 4.78 is 28.9. The molecule has 0 aliphatic carbocycles. The third-order valence-corrected chi connectivity index (χ3v) is 7.47. The Morgan fingerprint density at radius 2 is 1.08 bits per heavy atom. The molecule has 4 aromatic heterocycles. The van der Waals surface area contributed by atoms with Crippen LogP contribution < -0.4 is 11.1 Å². The van der Waals surface area contributed by atoms with Gasteiger partial charge in [0.05, 0.1) is 32.5 Å². The number of pyridine rings is 2. The van der Waals surface area contributed by atoms with Crippen LogP contribution in [0.1, 0.15) is 116 Å². The standard InChI is InChI=1S/C21H29N3O6.C16H21N3O4/c1-7-28-18(25)15-10-9-14-11-16(19(26)29-8-2)24(17(14)23-15)13(3)12-22-20(27)30-21(4,5)6;1-4-22-15(20)12-7-6-11-8-13(16(21)23-5-2)19(10(3)9-17)14(11)18-12/h9-11,13H,7-8,12H2,1-6H3,(H,22,27);6-8,10H,4-5,9,17H2,1-3H3/t13-;10-/m00/s1. The fourth-order valence-corrected chi connectivity index (χ4v) is 5.19. The number of fused-ring (bicyclic) bond motifs is 2. The number of esters is 4. The Kier molecular flexibility index (Phi) is 14.9. The van der Waals surface area contributed by atoms with Crippen molar-refractivity contribution in [3.8, 4) is 0 Å². The molecule has 288 valence electrons. The molecule has 0 radical (unpaired) electrons. The van der Waals surface area contributed by atoms with Crippen LogP contribution in [0.15, 0.2) is 36.4 Å². The third kappa shape index (κ3) is 10.8. The Bertz CT molecular complexity index is 1930. The first-order valence-electron chi connectivity index (χ1n) is 17.5. The topological polar surface area (TPSA) is 205 Å². The van der Waals surface area contributed by atoms with E-state index in [0.29, 0.717) is 28.9 Å². The van der Waals surface area contributed by atoms with E-state index in [9.17, 15) is 24.0 Å². The van der Waals surface area contributed by atoms with Gasteiger partial charge in [0.25, 0.3) is 0 Å². The van der Waals surface area contributed by atoms with Gasteiger partial charge >= 0.3 is 30.0 Å². The highest BCUT2D eigenvalue weighted by Crippen LogP contribution is 2.26. The number of ether oxygens (including phenoxy) is 5. The summed E-state index contributed by atoms with van der Waals surface area (Å²) in [7, 11) is 0. The lowest BCUT2D eigenvalue weighted by molar-refractivity contribution is 0.0498. The minimum atomic E-state index is -0.625. The van der Waals surface area contributed by atoms with Gasteiger partial charge in [-0.1, -0.05) is 0 Å². The SMILES string of the molecule is CCOC(=O)c1ccc2cc(C(=O)OCC)n([C@@H](C)CN)c2n1.CCOC(=O)c1ccc2cc(C(=O)OCC)n([C@@H](C)CNC(=O)OC(C)(C)C)c2n1. The van der Waals surface area contributed by atoms with E-state index < -0.39 is 35.6 Å². The van der Waals surface area contributed by atoms with Crippen LogP contribution in [0.4, 0.5) is 4.79 Å². The van der Waals surface area contributed by atoms with Crippen molar-refractivity contribution in [3.05, 3.63) is 59.2 Å². The van der Waals surface area contributed by atoms with Gasteiger partial charge in [-0.2, -0.15) is 0 Å². The molecule has 53 heavy (non-hydrogen) atoms. The molecule has 16 nitrogen and oxygen atoms in total. The van der Waals surface area contributed by atoms with E-state index in [-0.39, 0.29) is 62.1 Å². The van der Waals surface area contributed by atoms with Crippen LogP contribution in [0.25, 0.3) is 22.1 Å². The number of nitrogens with zero attached hydrogens (tertiary/aromatic N) is 4. The second kappa shape index (κ2) is 18.8. The molecular weight excluding hydrogens is 688 g/mol. The zero-order chi connectivity index (χ0) is 39.5. The Labute approximate surface area is 308 Å². The highest BCUT2D eigenvalue weighted by Gasteiger charge is 2.25. The zero-order valence-electron chi connectivity index (χ0n) is 31.8. The largest absolute Gasteiger partial charge is 0.461 e. The van der Waals surface area contributed by atoms with Crippen molar-refractivity contribution in [1.29, 1.82) is 0 Å². The molecule has 0 saturated heterocycles. The summed E-state index contributed by atoms with van der Waals surface area (Å²) in [5, 5.41) is 4.09. The van der Waals surface area contributed by atoms with Gasteiger partial charge in [-0.25, -0.2) is 33.9 Å². The van der Waals surface area contributed by atoms with E-state index in [0.717, 1.165) is 5.39 Å². The number of nitrogens with two attached hydrogens (primary N) is 1. The minimum absolute atomic E-state index is 0.131. The van der Waals surface area contributed by atoms with Gasteiger partial charge in [-0.3, -0.25) is 0 Å². The molecule has 0 aliphatic rings. The van der Waals surface area contributed by atoms with E-state index in [2.05, 4.69) is 15.3 Å². The maximum absolute atomic E-state index is 12.5. The fraction of sp³-hybridized carbons (Fsp3) is 0.486. The first-order valence-corrected chi connectivity index (χ1v) is 17.5. The Morgan fingerprint density at radius 1 is 0.679 bits per heavy atom. The Hall–Kier alpha value is -5.51. The van der Waals surface area contributed by atoms with Crippen molar-refractivity contribution in [2.75, 3.05) is 39.5 Å². The van der Waals surface area contributed by atoms with Crippen molar-refractivity contribution in [2.24, 2.45) is 5.73 Å². The average molecular weight is 739 g/mol. The number of alkyl carbamates (subject to hydrolysis) is 1. The first-order chi connectivity index (χ1) is 25.1. The molecule has 0 spiro atoms. The van der Waals surface area contributed by atoms with Crippen LogP contribution in [-0.2, 0) is 23.7 Å². The molecule has 0 bridgehead atoms. The first kappa shape index (κ1) is 41.9. The monoisotopic (exact) mass is 738 g/mol. The van der Waals surface area contributed by atoms with Gasteiger partial charge in [0.15, 0.2) is 11.4 Å². The summed E-state index contributed by atoms with van der Waals surface area (Å²) in [5.74, 6) is -2.01. The van der Waals surface area contributed by atoms with E-state index in [1.54, 1.807) is 94.0 Å². The summed E-state index contributed by atoms with van der Waals surface area (Å²) >= 11 is 0. The fourth-order valence-electron chi connectivity index (χ4n) is 5.19. The van der Waals surface area contributed by atoms with Crippen LogP contribution in [0, 0.1) is 0 Å². The highest BCUT2D eigenvalue weighted by molar-refractivity contribution is 5.97. The highest BCUT2D eigenvalue weighted by atomic mass is 16.6. The minimum Gasteiger partial charge on any atom is -0.461 e. The normalized spacial score (nSPS) is 12.3. The maximum Gasteiger partial charge on any atom is 0.407 e. The molecule has 2 atom stereocenters. The summed E-state index contributed by atoms with van der Waals surface area (Å²) in [4.78, 5) is 69.4. The smallest absolute Gasteiger partial charge is 0.407 e. The molecule has 0 saturated carbocycles. The molecule has 4 aromatic rings. The lowest BCUT2D eigenvalue weighted by Crippen LogP contribution is -2.35. The van der Waals surface area contributed by atoms with Crippen LogP contribution in [0.5, 0.6) is 0 Å². The number of carbonyl (C=O) groups is 5. The molecule has 0 fully saturated rings. The second-order valence-electron chi connectivity index (χ2n) is 12.7. The molecule has 0 aromatic carbocycles. The number of aromatic nitrogens is 4. The molecular formula is C37H50N6O10. The van der Waals surface area contributed by atoms with Gasteiger partial charge in [-0.15, -0.1) is 0 Å². The van der Waals surface area contributed by atoms with Gasteiger partial charge in [0, 0.05) is 29.9 Å². The van der Waals surface area contributed by atoms with E-state index in [1.807, 2.05) is 13.8 Å². The molecule has 1 amide bonds. The van der Waals surface area contributed by atoms with E-state index >= 15 is 0 Å². The van der Waals surface area contributed by atoms with Crippen molar-refractivity contribution in [2.45, 2.75) is 80.0 Å². The zero-order valence-corrected chi connectivity index (χ0v) is 31.8. The lowest BCUT2D eigenvalue weighted by atomic mass is 10.2. The molecule has 3 N–H and O–H groups in total. The van der Waals surface area contributed by atoms with Gasteiger partial charge in [0.1, 0.15) is 28.3 Å². The van der Waals surface area contributed by atoms with E-state index in [1.165, 1.54) is 0 Å². The number of nitrogens with one attached hydrogen (secondary N) is 1. The third-order valence-electron chi connectivity index (χ3n) is 7.47. The molecule has 4 rings (SSSR count). The van der Waals surface area contributed by atoms with Crippen molar-refractivity contribution < 1.29 is 47.7 Å². The van der Waals surface area contributed by atoms with E-state index in [4.69, 9.17) is 29.4 Å². The van der Waals surface area contributed by atoms with Gasteiger partial charge in [-0.05, 0) is 98.7 Å². The number of amides is 1. The number of hydrogen-bond acceptors (Lipinski definition) is 13. The van der Waals surface area contributed by atoms with Crippen LogP contribution >= 0.6 is 0 Å². The van der Waals surface area contributed by atoms with Crippen molar-refractivity contribution >= 4 is 52.0 Å². The summed E-state index contributed by atoms with van der Waals surface area (Å²) in [6.07, 6.45) is -0.566. The number of carbonyl (C=O) groups excluding carboxylic acids is 5. The number of rotatable bonds is 13. The van der Waals surface area contributed by atoms with Crippen molar-refractivity contribution in [1.82, 2.24) is 24.4 Å².